The number of rotatable bonds is 7. The van der Waals surface area contributed by atoms with Gasteiger partial charge in [-0.25, -0.2) is 9.59 Å². The zero-order valence-corrected chi connectivity index (χ0v) is 18.2. The molecule has 0 spiro atoms. The first-order valence-electron chi connectivity index (χ1n) is 10.7. The average Bonchev–Trinajstić information content (AvgIpc) is 2.73. The summed E-state index contributed by atoms with van der Waals surface area (Å²) < 4.78 is 11.8. The normalized spacial score (nSPS) is 15.4. The van der Waals surface area contributed by atoms with E-state index >= 15 is 0 Å². The Hall–Kier alpha value is -2.88. The van der Waals surface area contributed by atoms with Gasteiger partial charge in [-0.15, -0.1) is 0 Å². The monoisotopic (exact) mass is 406 g/mol. The minimum atomic E-state index is -0.440. The van der Waals surface area contributed by atoms with Crippen molar-refractivity contribution in [3.05, 3.63) is 59.7 Å². The summed E-state index contributed by atoms with van der Waals surface area (Å²) >= 11 is 0. The molecular weight excluding hydrogens is 376 g/mol. The second-order valence-electron chi connectivity index (χ2n) is 8.17. The number of hydrogen-bond donors (Lipinski definition) is 0. The Bertz CT molecular complexity index is 1020. The quantitative estimate of drug-likeness (QED) is 0.303. The van der Waals surface area contributed by atoms with E-state index in [9.17, 15) is 9.59 Å². The molecule has 2 aromatic rings. The molecule has 0 bridgehead atoms. The third-order valence-corrected chi connectivity index (χ3v) is 5.64. The maximum absolute atomic E-state index is 12.5. The van der Waals surface area contributed by atoms with E-state index in [1.807, 2.05) is 24.3 Å². The number of ether oxygens (including phenoxy) is 2. The molecule has 0 heterocycles. The highest BCUT2D eigenvalue weighted by Crippen LogP contribution is 2.49. The number of esters is 2. The zero-order valence-electron chi connectivity index (χ0n) is 18.2. The highest BCUT2D eigenvalue weighted by molar-refractivity contribution is 6.01. The molecule has 4 nitrogen and oxygen atoms in total. The molecule has 30 heavy (non-hydrogen) atoms. The van der Waals surface area contributed by atoms with Crippen LogP contribution in [0.25, 0.3) is 10.8 Å². The van der Waals surface area contributed by atoms with Gasteiger partial charge < -0.3 is 9.47 Å². The van der Waals surface area contributed by atoms with E-state index in [1.165, 1.54) is 0 Å². The van der Waals surface area contributed by atoms with Crippen LogP contribution in [0.3, 0.4) is 0 Å². The summed E-state index contributed by atoms with van der Waals surface area (Å²) in [6.07, 6.45) is 6.00. The Balaban J connectivity index is 2.29. The van der Waals surface area contributed by atoms with Gasteiger partial charge in [-0.3, -0.25) is 0 Å². The van der Waals surface area contributed by atoms with Crippen molar-refractivity contribution in [2.75, 3.05) is 0 Å². The molecule has 0 amide bonds. The minimum Gasteiger partial charge on any atom is -0.422 e. The first-order chi connectivity index (χ1) is 14.3. The summed E-state index contributed by atoms with van der Waals surface area (Å²) in [5.74, 6) is 0.543. The molecule has 0 aliphatic heterocycles. The standard InChI is InChI=1S/C26H30O4/c1-6-7-11-18-12-10-15-21-22(18)24(30-26(28)17(4)5)20-14-9-8-13-19(20)23(21)29-25(27)16(2)3/h8-9,13-14,18H,2,4,6-7,10-12,15H2,1,3,5H3. The molecule has 4 heteroatoms. The Labute approximate surface area is 178 Å². The molecule has 1 atom stereocenters. The summed E-state index contributed by atoms with van der Waals surface area (Å²) in [4.78, 5) is 24.9. The molecular formula is C26H30O4. The Morgan fingerprint density at radius 2 is 1.57 bits per heavy atom. The third kappa shape index (κ3) is 4.33. The van der Waals surface area contributed by atoms with Crippen LogP contribution < -0.4 is 9.47 Å². The van der Waals surface area contributed by atoms with Crippen molar-refractivity contribution in [2.24, 2.45) is 0 Å². The molecule has 3 rings (SSSR count). The van der Waals surface area contributed by atoms with Gasteiger partial charge in [-0.2, -0.15) is 0 Å². The molecule has 2 aromatic carbocycles. The van der Waals surface area contributed by atoms with Crippen molar-refractivity contribution in [1.82, 2.24) is 0 Å². The van der Waals surface area contributed by atoms with Crippen LogP contribution in [-0.4, -0.2) is 11.9 Å². The van der Waals surface area contributed by atoms with Crippen LogP contribution in [0.5, 0.6) is 11.5 Å². The molecule has 158 valence electrons. The van der Waals surface area contributed by atoms with Crippen LogP contribution in [0.15, 0.2) is 48.6 Å². The number of benzene rings is 2. The van der Waals surface area contributed by atoms with Crippen LogP contribution >= 0.6 is 0 Å². The molecule has 1 unspecified atom stereocenters. The number of hydrogen-bond acceptors (Lipinski definition) is 4. The fraction of sp³-hybridized carbons (Fsp3) is 0.385. The van der Waals surface area contributed by atoms with Gasteiger partial charge in [-0.05, 0) is 45.4 Å². The number of carbonyl (C=O) groups is 2. The van der Waals surface area contributed by atoms with E-state index in [1.54, 1.807) is 13.8 Å². The lowest BCUT2D eigenvalue weighted by Gasteiger charge is -2.30. The lowest BCUT2D eigenvalue weighted by Crippen LogP contribution is -2.19. The summed E-state index contributed by atoms with van der Waals surface area (Å²) in [6.45, 7) is 12.9. The molecule has 0 saturated heterocycles. The molecule has 0 fully saturated rings. The van der Waals surface area contributed by atoms with E-state index in [2.05, 4.69) is 20.1 Å². The first-order valence-corrected chi connectivity index (χ1v) is 10.7. The van der Waals surface area contributed by atoms with Crippen molar-refractivity contribution in [3.8, 4) is 11.5 Å². The van der Waals surface area contributed by atoms with Crippen LogP contribution in [0.2, 0.25) is 0 Å². The van der Waals surface area contributed by atoms with Crippen molar-refractivity contribution in [2.45, 2.75) is 65.2 Å². The highest BCUT2D eigenvalue weighted by atomic mass is 16.5. The number of carbonyl (C=O) groups excluding carboxylic acids is 2. The van der Waals surface area contributed by atoms with Gasteiger partial charge in [-0.1, -0.05) is 57.2 Å². The molecule has 0 N–H and O–H groups in total. The predicted octanol–water partition coefficient (Wildman–Crippen LogP) is 6.41. The van der Waals surface area contributed by atoms with E-state index in [-0.39, 0.29) is 5.92 Å². The van der Waals surface area contributed by atoms with Gasteiger partial charge in [0.05, 0.1) is 0 Å². The lowest BCUT2D eigenvalue weighted by atomic mass is 9.77. The predicted molar refractivity (Wildman–Crippen MR) is 120 cm³/mol. The van der Waals surface area contributed by atoms with Gasteiger partial charge in [0.1, 0.15) is 11.5 Å². The maximum Gasteiger partial charge on any atom is 0.338 e. The summed E-state index contributed by atoms with van der Waals surface area (Å²) in [5, 5.41) is 1.55. The third-order valence-electron chi connectivity index (χ3n) is 5.64. The van der Waals surface area contributed by atoms with E-state index < -0.39 is 11.9 Å². The molecule has 0 aromatic heterocycles. The van der Waals surface area contributed by atoms with Crippen molar-refractivity contribution >= 4 is 22.7 Å². The Kier molecular flexibility index (Phi) is 6.76. The Morgan fingerprint density at radius 1 is 1.00 bits per heavy atom. The van der Waals surface area contributed by atoms with Gasteiger partial charge in [0.15, 0.2) is 0 Å². The van der Waals surface area contributed by atoms with Gasteiger partial charge in [0, 0.05) is 33.0 Å². The molecule has 0 saturated carbocycles. The van der Waals surface area contributed by atoms with Crippen LogP contribution in [0, 0.1) is 0 Å². The van der Waals surface area contributed by atoms with Gasteiger partial charge in [0.2, 0.25) is 0 Å². The van der Waals surface area contributed by atoms with E-state index in [4.69, 9.17) is 9.47 Å². The fourth-order valence-electron chi connectivity index (χ4n) is 4.12. The van der Waals surface area contributed by atoms with Crippen molar-refractivity contribution in [3.63, 3.8) is 0 Å². The molecule has 1 aliphatic rings. The summed E-state index contributed by atoms with van der Waals surface area (Å²) in [7, 11) is 0. The van der Waals surface area contributed by atoms with Crippen LogP contribution in [0.1, 0.15) is 69.9 Å². The molecule has 0 radical (unpaired) electrons. The van der Waals surface area contributed by atoms with Crippen molar-refractivity contribution in [1.29, 1.82) is 0 Å². The zero-order chi connectivity index (χ0) is 21.8. The topological polar surface area (TPSA) is 52.6 Å². The summed E-state index contributed by atoms with van der Waals surface area (Å²) in [6, 6.07) is 7.63. The van der Waals surface area contributed by atoms with E-state index in [0.29, 0.717) is 22.6 Å². The fourth-order valence-corrected chi connectivity index (χ4v) is 4.12. The largest absolute Gasteiger partial charge is 0.422 e. The van der Waals surface area contributed by atoms with Gasteiger partial charge in [0.25, 0.3) is 0 Å². The number of unbranched alkanes of at least 4 members (excludes halogenated alkanes) is 1. The SMILES string of the molecule is C=C(C)C(=O)Oc1c2c(c(OC(=O)C(=C)C)c3ccccc13)C(CCCC)CCC2. The van der Waals surface area contributed by atoms with Crippen LogP contribution in [0.4, 0.5) is 0 Å². The number of fused-ring (bicyclic) bond motifs is 2. The minimum absolute atomic E-state index is 0.258. The van der Waals surface area contributed by atoms with Crippen molar-refractivity contribution < 1.29 is 19.1 Å². The second kappa shape index (κ2) is 9.29. The van der Waals surface area contributed by atoms with Crippen LogP contribution in [-0.2, 0) is 16.0 Å². The average molecular weight is 407 g/mol. The Morgan fingerprint density at radius 3 is 2.13 bits per heavy atom. The highest BCUT2D eigenvalue weighted by Gasteiger charge is 2.31. The lowest BCUT2D eigenvalue weighted by molar-refractivity contribution is -0.131. The first kappa shape index (κ1) is 21.8. The second-order valence-corrected chi connectivity index (χ2v) is 8.17. The summed E-state index contributed by atoms with van der Waals surface area (Å²) in [5.41, 5.74) is 2.68. The van der Waals surface area contributed by atoms with E-state index in [0.717, 1.165) is 60.4 Å². The molecule has 1 aliphatic carbocycles. The van der Waals surface area contributed by atoms with Gasteiger partial charge >= 0.3 is 11.9 Å². The maximum atomic E-state index is 12.5. The smallest absolute Gasteiger partial charge is 0.338 e.